The summed E-state index contributed by atoms with van der Waals surface area (Å²) in [5, 5.41) is 37.4. The fraction of sp³-hybridized carbons (Fsp3) is 0.467. The molecule has 4 rings (SSSR count). The quantitative estimate of drug-likeness (QED) is 0.511. The van der Waals surface area contributed by atoms with Gasteiger partial charge in [-0.25, -0.2) is 9.97 Å². The van der Waals surface area contributed by atoms with Gasteiger partial charge in [0, 0.05) is 11.9 Å². The highest BCUT2D eigenvalue weighted by Gasteiger charge is 2.53. The van der Waals surface area contributed by atoms with Crippen LogP contribution in [0.3, 0.4) is 0 Å². The number of nitrogens with zero attached hydrogens (tertiary/aromatic N) is 3. The minimum atomic E-state index is -1.59. The second-order valence-electron chi connectivity index (χ2n) is 6.33. The van der Waals surface area contributed by atoms with E-state index in [4.69, 9.17) is 4.74 Å². The van der Waals surface area contributed by atoms with Crippen molar-refractivity contribution in [1.29, 1.82) is 0 Å². The van der Waals surface area contributed by atoms with Crippen LogP contribution in [-0.4, -0.2) is 60.8 Å². The van der Waals surface area contributed by atoms with Crippen LogP contribution in [0.4, 0.5) is 11.5 Å². The van der Waals surface area contributed by atoms with E-state index < -0.39 is 30.6 Å². The van der Waals surface area contributed by atoms with Crippen LogP contribution in [0.5, 0.6) is 0 Å². The summed E-state index contributed by atoms with van der Waals surface area (Å²) in [5.41, 5.74) is 0.452. The number of anilines is 2. The Balaban J connectivity index is 1.88. The molecule has 128 valence electrons. The Morgan fingerprint density at radius 3 is 3.00 bits per heavy atom. The minimum absolute atomic E-state index is 0.392. The van der Waals surface area contributed by atoms with Crippen LogP contribution in [0.15, 0.2) is 24.8 Å². The zero-order chi connectivity index (χ0) is 17.1. The van der Waals surface area contributed by atoms with Gasteiger partial charge >= 0.3 is 0 Å². The molecule has 5 N–H and O–H groups in total. The van der Waals surface area contributed by atoms with Crippen LogP contribution in [0, 0.1) is 0 Å². The van der Waals surface area contributed by atoms with Gasteiger partial charge in [0.2, 0.25) is 0 Å². The van der Waals surface area contributed by atoms with E-state index in [9.17, 15) is 15.3 Å². The molecule has 0 radical (unpaired) electrons. The highest BCUT2D eigenvalue weighted by atomic mass is 16.6. The summed E-state index contributed by atoms with van der Waals surface area (Å²) in [6.45, 7) is 5.55. The molecule has 1 unspecified atom stereocenters. The minimum Gasteiger partial charge on any atom is -0.394 e. The largest absolute Gasteiger partial charge is 0.394 e. The Morgan fingerprint density at radius 1 is 1.50 bits per heavy atom. The lowest BCUT2D eigenvalue weighted by atomic mass is 9.96. The number of hydrogen-bond donors (Lipinski definition) is 5. The summed E-state index contributed by atoms with van der Waals surface area (Å²) >= 11 is 0. The SMILES string of the molecule is C=C1CNc2ncnc3c2c(cn3[C@@H]2O[C@H](CO)[C@@H](O)C2(C)O)N1. The highest BCUT2D eigenvalue weighted by Crippen LogP contribution is 2.42. The van der Waals surface area contributed by atoms with E-state index >= 15 is 0 Å². The zero-order valence-electron chi connectivity index (χ0n) is 13.1. The molecule has 24 heavy (non-hydrogen) atoms. The molecule has 2 aromatic heterocycles. The third-order valence-corrected chi connectivity index (χ3v) is 4.58. The van der Waals surface area contributed by atoms with Crippen LogP contribution < -0.4 is 10.6 Å². The summed E-state index contributed by atoms with van der Waals surface area (Å²) in [4.78, 5) is 8.55. The molecule has 2 aliphatic rings. The fourth-order valence-corrected chi connectivity index (χ4v) is 3.31. The summed E-state index contributed by atoms with van der Waals surface area (Å²) in [5.74, 6) is 0.650. The summed E-state index contributed by atoms with van der Waals surface area (Å²) in [6.07, 6.45) is 0.165. The Hall–Kier alpha value is -2.20. The van der Waals surface area contributed by atoms with E-state index in [0.29, 0.717) is 18.0 Å². The molecule has 0 spiro atoms. The maximum atomic E-state index is 10.7. The predicted molar refractivity (Wildman–Crippen MR) is 86.4 cm³/mol. The molecular weight excluding hydrogens is 314 g/mol. The topological polar surface area (TPSA) is 125 Å². The van der Waals surface area contributed by atoms with Gasteiger partial charge in [-0.05, 0) is 6.92 Å². The average Bonchev–Trinajstić information content (AvgIpc) is 2.95. The Morgan fingerprint density at radius 2 is 2.29 bits per heavy atom. The second kappa shape index (κ2) is 5.15. The highest BCUT2D eigenvalue weighted by molar-refractivity contribution is 6.00. The molecule has 0 aromatic carbocycles. The maximum absolute atomic E-state index is 10.7. The monoisotopic (exact) mass is 333 g/mol. The smallest absolute Gasteiger partial charge is 0.167 e. The van der Waals surface area contributed by atoms with Crippen LogP contribution in [0.2, 0.25) is 0 Å². The molecule has 4 heterocycles. The summed E-state index contributed by atoms with van der Waals surface area (Å²) < 4.78 is 7.33. The number of aliphatic hydroxyl groups excluding tert-OH is 2. The number of aliphatic hydroxyl groups is 3. The van der Waals surface area contributed by atoms with Gasteiger partial charge in [-0.15, -0.1) is 0 Å². The van der Waals surface area contributed by atoms with E-state index in [1.807, 2.05) is 0 Å². The predicted octanol–water partition coefficient (Wildman–Crippen LogP) is -0.216. The zero-order valence-corrected chi connectivity index (χ0v) is 13.1. The van der Waals surface area contributed by atoms with Gasteiger partial charge in [0.15, 0.2) is 6.23 Å². The lowest BCUT2D eigenvalue weighted by molar-refractivity contribution is -0.0947. The lowest BCUT2D eigenvalue weighted by Crippen LogP contribution is -2.44. The number of hydrogen-bond acceptors (Lipinski definition) is 8. The van der Waals surface area contributed by atoms with Gasteiger partial charge in [-0.2, -0.15) is 0 Å². The Labute approximate surface area is 137 Å². The molecule has 4 atom stereocenters. The van der Waals surface area contributed by atoms with E-state index in [2.05, 4.69) is 27.2 Å². The summed E-state index contributed by atoms with van der Waals surface area (Å²) in [7, 11) is 0. The maximum Gasteiger partial charge on any atom is 0.167 e. The van der Waals surface area contributed by atoms with Crippen LogP contribution in [0.1, 0.15) is 13.2 Å². The van der Waals surface area contributed by atoms with Crippen molar-refractivity contribution in [3.63, 3.8) is 0 Å². The fourth-order valence-electron chi connectivity index (χ4n) is 3.31. The number of aromatic nitrogens is 3. The average molecular weight is 333 g/mol. The first-order chi connectivity index (χ1) is 11.4. The molecule has 0 saturated carbocycles. The molecule has 2 aromatic rings. The second-order valence-corrected chi connectivity index (χ2v) is 6.33. The van der Waals surface area contributed by atoms with Crippen molar-refractivity contribution in [2.45, 2.75) is 31.0 Å². The summed E-state index contributed by atoms with van der Waals surface area (Å²) in [6, 6.07) is 0. The molecule has 9 heteroatoms. The first-order valence-electron chi connectivity index (χ1n) is 7.64. The van der Waals surface area contributed by atoms with E-state index in [1.54, 1.807) is 10.8 Å². The van der Waals surface area contributed by atoms with Crippen LogP contribution in [-0.2, 0) is 4.74 Å². The standard InChI is InChI=1S/C15H19N5O4/c1-7-3-16-12-10-8(19-7)4-20(13(10)18-6-17-12)14-15(2,23)11(22)9(5-21)24-14/h4,6,9,11,14,19,21-23H,1,3,5H2,2H3,(H,16,17,18)/t9-,11-,14-,15?/m1/s1. The molecule has 0 amide bonds. The van der Waals surface area contributed by atoms with Gasteiger partial charge in [0.25, 0.3) is 0 Å². The normalized spacial score (nSPS) is 32.5. The van der Waals surface area contributed by atoms with Gasteiger partial charge in [0.1, 0.15) is 35.6 Å². The van der Waals surface area contributed by atoms with Gasteiger partial charge in [-0.3, -0.25) is 0 Å². The molecule has 0 aliphatic carbocycles. The van der Waals surface area contributed by atoms with Crippen molar-refractivity contribution < 1.29 is 20.1 Å². The van der Waals surface area contributed by atoms with E-state index in [-0.39, 0.29) is 0 Å². The lowest BCUT2D eigenvalue weighted by Gasteiger charge is -2.27. The third kappa shape index (κ3) is 2.02. The number of rotatable bonds is 2. The van der Waals surface area contributed by atoms with Crippen molar-refractivity contribution in [3.8, 4) is 0 Å². The van der Waals surface area contributed by atoms with Gasteiger partial charge < -0.3 is 35.3 Å². The number of nitrogens with one attached hydrogen (secondary N) is 2. The van der Waals surface area contributed by atoms with Crippen molar-refractivity contribution in [2.75, 3.05) is 23.8 Å². The van der Waals surface area contributed by atoms with Crippen molar-refractivity contribution in [2.24, 2.45) is 0 Å². The van der Waals surface area contributed by atoms with Gasteiger partial charge in [0.05, 0.1) is 24.2 Å². The first kappa shape index (κ1) is 15.3. The first-order valence-corrected chi connectivity index (χ1v) is 7.64. The number of ether oxygens (including phenoxy) is 1. The van der Waals surface area contributed by atoms with E-state index in [1.165, 1.54) is 13.3 Å². The molecule has 1 saturated heterocycles. The third-order valence-electron chi connectivity index (χ3n) is 4.58. The Bertz CT molecular complexity index is 818. The molecule has 9 nitrogen and oxygen atoms in total. The van der Waals surface area contributed by atoms with Crippen molar-refractivity contribution >= 4 is 22.5 Å². The van der Waals surface area contributed by atoms with Crippen molar-refractivity contribution in [3.05, 3.63) is 24.8 Å². The molecule has 0 bridgehead atoms. The van der Waals surface area contributed by atoms with Crippen molar-refractivity contribution in [1.82, 2.24) is 14.5 Å². The Kier molecular flexibility index (Phi) is 3.29. The van der Waals surface area contributed by atoms with E-state index in [0.717, 1.165) is 16.8 Å². The molecular formula is C15H19N5O4. The molecule has 2 aliphatic heterocycles. The van der Waals surface area contributed by atoms with Crippen LogP contribution >= 0.6 is 0 Å². The van der Waals surface area contributed by atoms with Crippen LogP contribution in [0.25, 0.3) is 11.0 Å². The molecule has 1 fully saturated rings. The van der Waals surface area contributed by atoms with Gasteiger partial charge in [-0.1, -0.05) is 6.58 Å².